The molecule has 0 aliphatic carbocycles. The molecule has 0 saturated carbocycles. The first-order valence-electron chi connectivity index (χ1n) is 4.00. The Hall–Kier alpha value is -1.73. The normalized spacial score (nSPS) is 9.20. The molecule has 1 aromatic carbocycles. The SMILES string of the molecule is COC(=O)c1c(C#N)ccc(Cl)c1OC. The fourth-order valence-corrected chi connectivity index (χ4v) is 1.39. The third-order valence-electron chi connectivity index (χ3n) is 1.82. The van der Waals surface area contributed by atoms with Gasteiger partial charge in [-0.25, -0.2) is 4.79 Å². The lowest BCUT2D eigenvalue weighted by Crippen LogP contribution is -2.07. The first kappa shape index (κ1) is 11.3. The van der Waals surface area contributed by atoms with Gasteiger partial charge >= 0.3 is 5.97 Å². The van der Waals surface area contributed by atoms with E-state index in [1.54, 1.807) is 0 Å². The number of nitriles is 1. The van der Waals surface area contributed by atoms with Crippen LogP contribution in [0.3, 0.4) is 0 Å². The molecule has 0 radical (unpaired) electrons. The van der Waals surface area contributed by atoms with Crippen LogP contribution in [0.15, 0.2) is 12.1 Å². The van der Waals surface area contributed by atoms with Crippen LogP contribution < -0.4 is 4.74 Å². The van der Waals surface area contributed by atoms with Crippen molar-refractivity contribution in [1.82, 2.24) is 0 Å². The number of methoxy groups -OCH3 is 2. The summed E-state index contributed by atoms with van der Waals surface area (Å²) in [4.78, 5) is 11.4. The van der Waals surface area contributed by atoms with Gasteiger partial charge < -0.3 is 9.47 Å². The van der Waals surface area contributed by atoms with Crippen molar-refractivity contribution in [2.75, 3.05) is 14.2 Å². The molecule has 0 fully saturated rings. The monoisotopic (exact) mass is 225 g/mol. The molecule has 1 aromatic rings. The average Bonchev–Trinajstić information content (AvgIpc) is 2.27. The van der Waals surface area contributed by atoms with E-state index >= 15 is 0 Å². The quantitative estimate of drug-likeness (QED) is 0.723. The van der Waals surface area contributed by atoms with Crippen LogP contribution in [0.4, 0.5) is 0 Å². The molecule has 4 nitrogen and oxygen atoms in total. The van der Waals surface area contributed by atoms with Crippen molar-refractivity contribution < 1.29 is 14.3 Å². The van der Waals surface area contributed by atoms with Crippen LogP contribution in [-0.2, 0) is 4.74 Å². The number of carbonyl (C=O) groups is 1. The van der Waals surface area contributed by atoms with Gasteiger partial charge in [-0.1, -0.05) is 11.6 Å². The molecule has 1 rings (SSSR count). The summed E-state index contributed by atoms with van der Waals surface area (Å²) in [7, 11) is 2.60. The average molecular weight is 226 g/mol. The molecule has 0 saturated heterocycles. The second-order valence-corrected chi connectivity index (χ2v) is 3.01. The molecule has 0 bridgehead atoms. The number of hydrogen-bond donors (Lipinski definition) is 0. The molecule has 0 aliphatic heterocycles. The number of nitrogens with zero attached hydrogens (tertiary/aromatic N) is 1. The third-order valence-corrected chi connectivity index (χ3v) is 2.12. The van der Waals surface area contributed by atoms with Crippen LogP contribution in [0, 0.1) is 11.3 Å². The lowest BCUT2D eigenvalue weighted by Gasteiger charge is -2.09. The summed E-state index contributed by atoms with van der Waals surface area (Å²) in [6.45, 7) is 0. The first-order valence-corrected chi connectivity index (χ1v) is 4.38. The van der Waals surface area contributed by atoms with Crippen LogP contribution in [-0.4, -0.2) is 20.2 Å². The molecule has 0 N–H and O–H groups in total. The molecule has 0 atom stereocenters. The zero-order chi connectivity index (χ0) is 11.4. The van der Waals surface area contributed by atoms with E-state index in [0.717, 1.165) is 0 Å². The Morgan fingerprint density at radius 3 is 2.60 bits per heavy atom. The van der Waals surface area contributed by atoms with Crippen molar-refractivity contribution in [2.24, 2.45) is 0 Å². The lowest BCUT2D eigenvalue weighted by molar-refractivity contribution is 0.0596. The van der Waals surface area contributed by atoms with Crippen molar-refractivity contribution in [1.29, 1.82) is 5.26 Å². The van der Waals surface area contributed by atoms with Crippen molar-refractivity contribution in [3.63, 3.8) is 0 Å². The van der Waals surface area contributed by atoms with E-state index in [4.69, 9.17) is 21.6 Å². The summed E-state index contributed by atoms with van der Waals surface area (Å²) in [6, 6.07) is 4.81. The van der Waals surface area contributed by atoms with Crippen LogP contribution in [0.1, 0.15) is 15.9 Å². The number of carbonyl (C=O) groups excluding carboxylic acids is 1. The number of benzene rings is 1. The van der Waals surface area contributed by atoms with E-state index in [0.29, 0.717) is 0 Å². The number of halogens is 1. The van der Waals surface area contributed by atoms with Gasteiger partial charge in [0.2, 0.25) is 0 Å². The zero-order valence-corrected chi connectivity index (χ0v) is 8.96. The molecule has 0 heterocycles. The Morgan fingerprint density at radius 2 is 2.13 bits per heavy atom. The molecule has 0 spiro atoms. The van der Waals surface area contributed by atoms with Gasteiger partial charge in [-0.05, 0) is 12.1 Å². The van der Waals surface area contributed by atoms with E-state index in [1.165, 1.54) is 26.4 Å². The Morgan fingerprint density at radius 1 is 1.47 bits per heavy atom. The number of hydrogen-bond acceptors (Lipinski definition) is 4. The molecular formula is C10H8ClNO3. The maximum atomic E-state index is 11.4. The van der Waals surface area contributed by atoms with Gasteiger partial charge in [0.25, 0.3) is 0 Å². The number of rotatable bonds is 2. The van der Waals surface area contributed by atoms with Crippen LogP contribution in [0.25, 0.3) is 0 Å². The van der Waals surface area contributed by atoms with Crippen LogP contribution in [0.5, 0.6) is 5.75 Å². The Balaban J connectivity index is 3.49. The smallest absolute Gasteiger partial charge is 0.343 e. The predicted molar refractivity (Wildman–Crippen MR) is 54.1 cm³/mol. The number of ether oxygens (including phenoxy) is 2. The van der Waals surface area contributed by atoms with Crippen LogP contribution >= 0.6 is 11.6 Å². The summed E-state index contributed by atoms with van der Waals surface area (Å²) in [5, 5.41) is 9.08. The van der Waals surface area contributed by atoms with Gasteiger partial charge in [0.05, 0.1) is 24.8 Å². The van der Waals surface area contributed by atoms with E-state index in [9.17, 15) is 4.79 Å². The largest absolute Gasteiger partial charge is 0.494 e. The highest BCUT2D eigenvalue weighted by Gasteiger charge is 2.20. The highest BCUT2D eigenvalue weighted by atomic mass is 35.5. The molecule has 15 heavy (non-hydrogen) atoms. The van der Waals surface area contributed by atoms with Crippen molar-refractivity contribution >= 4 is 17.6 Å². The molecular weight excluding hydrogens is 218 g/mol. The first-order chi connectivity index (χ1) is 7.15. The third kappa shape index (κ3) is 2.03. The molecule has 0 amide bonds. The Bertz CT molecular complexity index is 437. The van der Waals surface area contributed by atoms with Gasteiger partial charge in [-0.2, -0.15) is 5.26 Å². The van der Waals surface area contributed by atoms with Crippen molar-refractivity contribution in [3.8, 4) is 11.8 Å². The van der Waals surface area contributed by atoms with E-state index < -0.39 is 5.97 Å². The fourth-order valence-electron chi connectivity index (χ4n) is 1.15. The Kier molecular flexibility index (Phi) is 3.53. The molecule has 5 heteroatoms. The van der Waals surface area contributed by atoms with E-state index in [2.05, 4.69) is 4.74 Å². The molecule has 0 aliphatic rings. The fraction of sp³-hybridized carbons (Fsp3) is 0.200. The van der Waals surface area contributed by atoms with Crippen LogP contribution in [0.2, 0.25) is 5.02 Å². The summed E-state index contributed by atoms with van der Waals surface area (Å²) in [5.74, 6) is -0.492. The van der Waals surface area contributed by atoms with E-state index in [1.807, 2.05) is 6.07 Å². The molecule has 0 aromatic heterocycles. The minimum atomic E-state index is -0.647. The number of esters is 1. The van der Waals surface area contributed by atoms with E-state index in [-0.39, 0.29) is 21.9 Å². The maximum absolute atomic E-state index is 11.4. The zero-order valence-electron chi connectivity index (χ0n) is 8.20. The second-order valence-electron chi connectivity index (χ2n) is 2.61. The maximum Gasteiger partial charge on any atom is 0.343 e. The standard InChI is InChI=1S/C10H8ClNO3/c1-14-9-7(11)4-3-6(5-12)8(9)10(13)15-2/h3-4H,1-2H3. The highest BCUT2D eigenvalue weighted by molar-refractivity contribution is 6.32. The highest BCUT2D eigenvalue weighted by Crippen LogP contribution is 2.31. The van der Waals surface area contributed by atoms with Gasteiger partial charge in [0, 0.05) is 0 Å². The van der Waals surface area contributed by atoms with Gasteiger partial charge in [-0.3, -0.25) is 0 Å². The van der Waals surface area contributed by atoms with Gasteiger partial charge in [0.15, 0.2) is 5.75 Å². The lowest BCUT2D eigenvalue weighted by atomic mass is 10.1. The summed E-state index contributed by atoms with van der Waals surface area (Å²) in [6.07, 6.45) is 0. The minimum Gasteiger partial charge on any atom is -0.494 e. The van der Waals surface area contributed by atoms with Gasteiger partial charge in [0.1, 0.15) is 11.6 Å². The molecule has 78 valence electrons. The van der Waals surface area contributed by atoms with Gasteiger partial charge in [-0.15, -0.1) is 0 Å². The minimum absolute atomic E-state index is 0.0509. The topological polar surface area (TPSA) is 59.3 Å². The second kappa shape index (κ2) is 4.67. The van der Waals surface area contributed by atoms with Crippen molar-refractivity contribution in [2.45, 2.75) is 0 Å². The van der Waals surface area contributed by atoms with Crippen molar-refractivity contribution in [3.05, 3.63) is 28.3 Å². The predicted octanol–water partition coefficient (Wildman–Crippen LogP) is 2.01. The summed E-state index contributed by atoms with van der Waals surface area (Å²) in [5.41, 5.74) is 0.220. The summed E-state index contributed by atoms with van der Waals surface area (Å²) < 4.78 is 9.51. The summed E-state index contributed by atoms with van der Waals surface area (Å²) >= 11 is 5.82. The Labute approximate surface area is 92.0 Å². The molecule has 0 unspecified atom stereocenters.